The molecule has 1 saturated heterocycles. The molecule has 0 aliphatic carbocycles. The second-order valence-electron chi connectivity index (χ2n) is 7.63. The molecule has 2 aromatic rings. The molecule has 2 heterocycles. The molecule has 0 spiro atoms. The summed E-state index contributed by atoms with van der Waals surface area (Å²) in [5, 5.41) is 2.51. The summed E-state index contributed by atoms with van der Waals surface area (Å²) in [6.07, 6.45) is 0.719. The third-order valence-corrected chi connectivity index (χ3v) is 7.35. The largest absolute Gasteiger partial charge is 0.490 e. The van der Waals surface area contributed by atoms with Gasteiger partial charge in [-0.15, -0.1) is 0 Å². The first-order valence-electron chi connectivity index (χ1n) is 10.6. The minimum atomic E-state index is -3.76. The van der Waals surface area contributed by atoms with Crippen molar-refractivity contribution in [2.45, 2.75) is 11.3 Å². The van der Waals surface area contributed by atoms with Crippen LogP contribution in [0.3, 0.4) is 0 Å². The molecule has 0 saturated carbocycles. The lowest BCUT2D eigenvalue weighted by molar-refractivity contribution is -0.131. The Bertz CT molecular complexity index is 1130. The number of sulfonamides is 1. The molecule has 4 rings (SSSR count). The standard InChI is InChI=1S/C22H24FN3O6S/c23-17-4-2-16(3-5-17)22(28)24-15-21(27)25-8-10-26(11-9-25)33(29,30)18-6-7-19-20(14-18)32-13-1-12-31-19/h2-7,14H,1,8-13,15H2,(H,24,28). The summed E-state index contributed by atoms with van der Waals surface area (Å²) in [4.78, 5) is 26.2. The second kappa shape index (κ2) is 9.75. The Hall–Kier alpha value is -3.18. The fraction of sp³-hybridized carbons (Fsp3) is 0.364. The summed E-state index contributed by atoms with van der Waals surface area (Å²) in [6.45, 7) is 1.41. The van der Waals surface area contributed by atoms with Gasteiger partial charge in [-0.1, -0.05) is 0 Å². The van der Waals surface area contributed by atoms with Crippen LogP contribution in [0.5, 0.6) is 11.5 Å². The number of nitrogens with one attached hydrogen (secondary N) is 1. The van der Waals surface area contributed by atoms with Gasteiger partial charge < -0.3 is 19.7 Å². The van der Waals surface area contributed by atoms with E-state index in [1.165, 1.54) is 45.6 Å². The fourth-order valence-corrected chi connectivity index (χ4v) is 5.04. The van der Waals surface area contributed by atoms with Gasteiger partial charge >= 0.3 is 0 Å². The summed E-state index contributed by atoms with van der Waals surface area (Å²) in [7, 11) is -3.76. The number of benzene rings is 2. The van der Waals surface area contributed by atoms with Crippen molar-refractivity contribution in [3.63, 3.8) is 0 Å². The normalized spacial score (nSPS) is 16.7. The summed E-state index contributed by atoms with van der Waals surface area (Å²) in [6, 6.07) is 9.55. The van der Waals surface area contributed by atoms with Gasteiger partial charge in [-0.2, -0.15) is 4.31 Å². The van der Waals surface area contributed by atoms with Crippen LogP contribution < -0.4 is 14.8 Å². The van der Waals surface area contributed by atoms with E-state index in [4.69, 9.17) is 9.47 Å². The Kier molecular flexibility index (Phi) is 6.80. The van der Waals surface area contributed by atoms with E-state index in [9.17, 15) is 22.4 Å². The van der Waals surface area contributed by atoms with Crippen molar-refractivity contribution in [3.8, 4) is 11.5 Å². The highest BCUT2D eigenvalue weighted by atomic mass is 32.2. The Labute approximate surface area is 191 Å². The van der Waals surface area contributed by atoms with Gasteiger partial charge in [0, 0.05) is 44.2 Å². The molecule has 2 aliphatic heterocycles. The smallest absolute Gasteiger partial charge is 0.251 e. The average Bonchev–Trinajstić information content (AvgIpc) is 3.08. The van der Waals surface area contributed by atoms with E-state index < -0.39 is 21.7 Å². The number of hydrogen-bond acceptors (Lipinski definition) is 6. The average molecular weight is 478 g/mol. The highest BCUT2D eigenvalue weighted by Crippen LogP contribution is 2.33. The van der Waals surface area contributed by atoms with Crippen LogP contribution in [0.15, 0.2) is 47.4 Å². The van der Waals surface area contributed by atoms with Gasteiger partial charge in [0.2, 0.25) is 15.9 Å². The minimum Gasteiger partial charge on any atom is -0.490 e. The zero-order valence-electron chi connectivity index (χ0n) is 17.8. The van der Waals surface area contributed by atoms with E-state index in [-0.39, 0.29) is 49.1 Å². The maximum Gasteiger partial charge on any atom is 0.251 e. The van der Waals surface area contributed by atoms with Gasteiger partial charge in [0.1, 0.15) is 5.82 Å². The molecule has 2 aromatic carbocycles. The molecular formula is C22H24FN3O6S. The highest BCUT2D eigenvalue weighted by molar-refractivity contribution is 7.89. The van der Waals surface area contributed by atoms with Gasteiger partial charge in [-0.05, 0) is 36.4 Å². The van der Waals surface area contributed by atoms with Crippen molar-refractivity contribution in [2.75, 3.05) is 45.9 Å². The summed E-state index contributed by atoms with van der Waals surface area (Å²) >= 11 is 0. The summed E-state index contributed by atoms with van der Waals surface area (Å²) in [5.41, 5.74) is 0.246. The maximum atomic E-state index is 13.1. The molecular weight excluding hydrogens is 453 g/mol. The molecule has 176 valence electrons. The Balaban J connectivity index is 1.32. The van der Waals surface area contributed by atoms with Crippen molar-refractivity contribution >= 4 is 21.8 Å². The van der Waals surface area contributed by atoms with E-state index >= 15 is 0 Å². The monoisotopic (exact) mass is 477 g/mol. The van der Waals surface area contributed by atoms with Crippen molar-refractivity contribution in [3.05, 3.63) is 53.8 Å². The molecule has 0 radical (unpaired) electrons. The van der Waals surface area contributed by atoms with Crippen LogP contribution in [0.4, 0.5) is 4.39 Å². The van der Waals surface area contributed by atoms with Gasteiger partial charge in [-0.25, -0.2) is 12.8 Å². The zero-order valence-corrected chi connectivity index (χ0v) is 18.6. The molecule has 2 aliphatic rings. The van der Waals surface area contributed by atoms with Crippen LogP contribution in [-0.4, -0.2) is 75.4 Å². The lowest BCUT2D eigenvalue weighted by Crippen LogP contribution is -2.52. The molecule has 1 N–H and O–H groups in total. The topological polar surface area (TPSA) is 105 Å². The van der Waals surface area contributed by atoms with E-state index in [1.807, 2.05) is 0 Å². The van der Waals surface area contributed by atoms with Crippen molar-refractivity contribution in [2.24, 2.45) is 0 Å². The predicted molar refractivity (Wildman–Crippen MR) is 116 cm³/mol. The number of carbonyl (C=O) groups excluding carboxylic acids is 2. The van der Waals surface area contributed by atoms with E-state index in [1.54, 1.807) is 6.07 Å². The second-order valence-corrected chi connectivity index (χ2v) is 9.57. The number of nitrogens with zero attached hydrogens (tertiary/aromatic N) is 2. The van der Waals surface area contributed by atoms with E-state index in [0.29, 0.717) is 24.7 Å². The zero-order chi connectivity index (χ0) is 23.4. The minimum absolute atomic E-state index is 0.109. The molecule has 9 nitrogen and oxygen atoms in total. The fourth-order valence-electron chi connectivity index (χ4n) is 3.60. The molecule has 0 aromatic heterocycles. The van der Waals surface area contributed by atoms with Crippen LogP contribution in [0.1, 0.15) is 16.8 Å². The van der Waals surface area contributed by atoms with Crippen LogP contribution in [-0.2, 0) is 14.8 Å². The van der Waals surface area contributed by atoms with Gasteiger partial charge in [-0.3, -0.25) is 9.59 Å². The molecule has 2 amide bonds. The maximum absolute atomic E-state index is 13.1. The first-order valence-corrected chi connectivity index (χ1v) is 12.0. The number of piperazine rings is 1. The first kappa shape index (κ1) is 23.0. The molecule has 11 heteroatoms. The Morgan fingerprint density at radius 3 is 2.30 bits per heavy atom. The van der Waals surface area contributed by atoms with Crippen molar-refractivity contribution < 1.29 is 31.9 Å². The molecule has 1 fully saturated rings. The van der Waals surface area contributed by atoms with Gasteiger partial charge in [0.25, 0.3) is 5.91 Å². The first-order chi connectivity index (χ1) is 15.8. The predicted octanol–water partition coefficient (Wildman–Crippen LogP) is 1.25. The third-order valence-electron chi connectivity index (χ3n) is 5.45. The number of carbonyl (C=O) groups is 2. The number of amides is 2. The third kappa shape index (κ3) is 5.25. The lowest BCUT2D eigenvalue weighted by atomic mass is 10.2. The lowest BCUT2D eigenvalue weighted by Gasteiger charge is -2.34. The molecule has 0 atom stereocenters. The molecule has 33 heavy (non-hydrogen) atoms. The summed E-state index contributed by atoms with van der Waals surface area (Å²) < 4.78 is 51.6. The molecule has 0 bridgehead atoms. The Morgan fingerprint density at radius 2 is 1.61 bits per heavy atom. The Morgan fingerprint density at radius 1 is 0.939 bits per heavy atom. The van der Waals surface area contributed by atoms with Crippen LogP contribution in [0.2, 0.25) is 0 Å². The summed E-state index contributed by atoms with van der Waals surface area (Å²) in [5.74, 6) is -0.344. The quantitative estimate of drug-likeness (QED) is 0.695. The van der Waals surface area contributed by atoms with E-state index in [2.05, 4.69) is 5.32 Å². The van der Waals surface area contributed by atoms with Crippen LogP contribution >= 0.6 is 0 Å². The number of ether oxygens (including phenoxy) is 2. The molecule has 0 unspecified atom stereocenters. The van der Waals surface area contributed by atoms with Crippen LogP contribution in [0.25, 0.3) is 0 Å². The van der Waals surface area contributed by atoms with Crippen molar-refractivity contribution in [1.82, 2.24) is 14.5 Å². The van der Waals surface area contributed by atoms with Crippen LogP contribution in [0, 0.1) is 5.82 Å². The number of rotatable bonds is 5. The highest BCUT2D eigenvalue weighted by Gasteiger charge is 2.31. The number of halogens is 1. The number of hydrogen-bond donors (Lipinski definition) is 1. The van der Waals surface area contributed by atoms with Crippen molar-refractivity contribution in [1.29, 1.82) is 0 Å². The SMILES string of the molecule is O=C(NCC(=O)N1CCN(S(=O)(=O)c2ccc3c(c2)OCCCO3)CC1)c1ccc(F)cc1. The number of fused-ring (bicyclic) bond motifs is 1. The van der Waals surface area contributed by atoms with Gasteiger partial charge in [0.05, 0.1) is 24.7 Å². The van der Waals surface area contributed by atoms with E-state index in [0.717, 1.165) is 6.42 Å². The van der Waals surface area contributed by atoms with Gasteiger partial charge in [0.15, 0.2) is 11.5 Å².